The van der Waals surface area contributed by atoms with E-state index in [9.17, 15) is 4.79 Å². The first-order chi connectivity index (χ1) is 10.0. The Bertz CT molecular complexity index is 451. The Morgan fingerprint density at radius 2 is 1.76 bits per heavy atom. The van der Waals surface area contributed by atoms with Crippen molar-refractivity contribution in [3.63, 3.8) is 0 Å². The molecule has 0 amide bonds. The van der Waals surface area contributed by atoms with Crippen LogP contribution in [0.2, 0.25) is 0 Å². The van der Waals surface area contributed by atoms with Gasteiger partial charge in [0, 0.05) is 0 Å². The zero-order valence-electron chi connectivity index (χ0n) is 13.0. The number of hydrogen-bond donors (Lipinski definition) is 2. The maximum Gasteiger partial charge on any atom is 0.320 e. The normalized spacial score (nSPS) is 12.1. The summed E-state index contributed by atoms with van der Waals surface area (Å²) in [6.45, 7) is 6.32. The van der Waals surface area contributed by atoms with E-state index in [1.807, 2.05) is 12.1 Å². The molecule has 0 aromatic heterocycles. The average Bonchev–Trinajstić information content (AvgIpc) is 2.46. The van der Waals surface area contributed by atoms with E-state index in [0.29, 0.717) is 6.42 Å². The summed E-state index contributed by atoms with van der Waals surface area (Å²) < 4.78 is 0. The van der Waals surface area contributed by atoms with Crippen LogP contribution in [0.1, 0.15) is 50.2 Å². The Morgan fingerprint density at radius 1 is 1.19 bits per heavy atom. The van der Waals surface area contributed by atoms with Gasteiger partial charge in [0.2, 0.25) is 0 Å². The minimum absolute atomic E-state index is 0.378. The van der Waals surface area contributed by atoms with Crippen molar-refractivity contribution in [3.8, 4) is 0 Å². The Morgan fingerprint density at radius 3 is 2.33 bits per heavy atom. The van der Waals surface area contributed by atoms with Gasteiger partial charge in [0.05, 0.1) is 0 Å². The number of rotatable bonds is 10. The smallest absolute Gasteiger partial charge is 0.320 e. The minimum atomic E-state index is -0.954. The van der Waals surface area contributed by atoms with Crippen LogP contribution in [0.3, 0.4) is 0 Å². The second kappa shape index (κ2) is 9.35. The minimum Gasteiger partial charge on any atom is -0.480 e. The molecule has 1 aromatic rings. The molecule has 0 heterocycles. The van der Waals surface area contributed by atoms with Gasteiger partial charge in [0.25, 0.3) is 0 Å². The lowest BCUT2D eigenvalue weighted by Crippen LogP contribution is -2.32. The van der Waals surface area contributed by atoms with E-state index in [4.69, 9.17) is 10.8 Å². The third kappa shape index (κ3) is 7.09. The standard InChI is InChI=1S/C18H27NO2/c1-3-4-6-14(2)7-5-8-15-9-11-16(12-10-15)13-17(19)18(20)21/h9-12,17H,2-8,13,19H2,1H3,(H,20,21). The van der Waals surface area contributed by atoms with Crippen molar-refractivity contribution in [3.05, 3.63) is 47.5 Å². The summed E-state index contributed by atoms with van der Waals surface area (Å²) in [7, 11) is 0. The molecule has 1 rings (SSSR count). The molecule has 0 aliphatic carbocycles. The van der Waals surface area contributed by atoms with Crippen LogP contribution in [0, 0.1) is 0 Å². The van der Waals surface area contributed by atoms with E-state index in [2.05, 4.69) is 25.6 Å². The predicted octanol–water partition coefficient (Wildman–Crippen LogP) is 3.71. The van der Waals surface area contributed by atoms with Gasteiger partial charge in [-0.1, -0.05) is 49.8 Å². The van der Waals surface area contributed by atoms with Crippen LogP contribution in [0.4, 0.5) is 0 Å². The first kappa shape index (κ1) is 17.4. The lowest BCUT2D eigenvalue weighted by atomic mass is 9.99. The fourth-order valence-corrected chi connectivity index (χ4v) is 2.28. The van der Waals surface area contributed by atoms with Crippen LogP contribution in [-0.2, 0) is 17.6 Å². The first-order valence-electron chi connectivity index (χ1n) is 7.75. The maximum absolute atomic E-state index is 10.7. The number of benzene rings is 1. The van der Waals surface area contributed by atoms with Gasteiger partial charge in [-0.15, -0.1) is 0 Å². The average molecular weight is 289 g/mol. The summed E-state index contributed by atoms with van der Waals surface area (Å²) in [6.07, 6.45) is 7.22. The molecule has 0 aliphatic rings. The molecule has 116 valence electrons. The van der Waals surface area contributed by atoms with Gasteiger partial charge in [0.1, 0.15) is 6.04 Å². The zero-order valence-corrected chi connectivity index (χ0v) is 13.0. The van der Waals surface area contributed by atoms with Crippen molar-refractivity contribution >= 4 is 5.97 Å². The van der Waals surface area contributed by atoms with E-state index in [-0.39, 0.29) is 0 Å². The van der Waals surface area contributed by atoms with Crippen molar-refractivity contribution < 1.29 is 9.90 Å². The van der Waals surface area contributed by atoms with Gasteiger partial charge in [-0.25, -0.2) is 0 Å². The van der Waals surface area contributed by atoms with Gasteiger partial charge in [-0.3, -0.25) is 4.79 Å². The Labute approximate surface area is 127 Å². The van der Waals surface area contributed by atoms with Crippen LogP contribution < -0.4 is 5.73 Å². The molecule has 0 aliphatic heterocycles. The second-order valence-corrected chi connectivity index (χ2v) is 5.67. The summed E-state index contributed by atoms with van der Waals surface area (Å²) in [6, 6.07) is 7.27. The molecule has 1 aromatic carbocycles. The number of aryl methyl sites for hydroxylation is 1. The topological polar surface area (TPSA) is 63.3 Å². The van der Waals surface area contributed by atoms with E-state index >= 15 is 0 Å². The highest BCUT2D eigenvalue weighted by atomic mass is 16.4. The number of hydrogen-bond acceptors (Lipinski definition) is 2. The fraction of sp³-hybridized carbons (Fsp3) is 0.500. The Balaban J connectivity index is 2.34. The van der Waals surface area contributed by atoms with Gasteiger partial charge in [-0.05, 0) is 49.7 Å². The molecule has 0 saturated carbocycles. The number of unbranched alkanes of at least 4 members (excludes halogenated alkanes) is 1. The van der Waals surface area contributed by atoms with Crippen molar-refractivity contribution in [2.75, 3.05) is 0 Å². The molecule has 0 bridgehead atoms. The number of allylic oxidation sites excluding steroid dienone is 1. The van der Waals surface area contributed by atoms with Gasteiger partial charge in [0.15, 0.2) is 0 Å². The molecule has 3 nitrogen and oxygen atoms in total. The zero-order chi connectivity index (χ0) is 15.7. The van der Waals surface area contributed by atoms with Crippen molar-refractivity contribution in [2.24, 2.45) is 5.73 Å². The summed E-state index contributed by atoms with van der Waals surface area (Å²) >= 11 is 0. The monoisotopic (exact) mass is 289 g/mol. The molecule has 0 fully saturated rings. The summed E-state index contributed by atoms with van der Waals surface area (Å²) in [5.74, 6) is -0.954. The Hall–Kier alpha value is -1.61. The largest absolute Gasteiger partial charge is 0.480 e. The van der Waals surface area contributed by atoms with E-state index < -0.39 is 12.0 Å². The summed E-state index contributed by atoms with van der Waals surface area (Å²) in [5, 5.41) is 8.79. The third-order valence-electron chi connectivity index (χ3n) is 3.68. The first-order valence-corrected chi connectivity index (χ1v) is 7.75. The number of nitrogens with two attached hydrogens (primary N) is 1. The number of carboxylic acid groups (broad SMARTS) is 1. The fourth-order valence-electron chi connectivity index (χ4n) is 2.28. The van der Waals surface area contributed by atoms with E-state index in [1.54, 1.807) is 0 Å². The van der Waals surface area contributed by atoms with E-state index in [0.717, 1.165) is 31.2 Å². The quantitative estimate of drug-likeness (QED) is 0.645. The lowest BCUT2D eigenvalue weighted by Gasteiger charge is -2.08. The summed E-state index contributed by atoms with van der Waals surface area (Å²) in [4.78, 5) is 10.7. The highest BCUT2D eigenvalue weighted by Crippen LogP contribution is 2.15. The van der Waals surface area contributed by atoms with Crippen LogP contribution in [0.5, 0.6) is 0 Å². The molecule has 21 heavy (non-hydrogen) atoms. The SMILES string of the molecule is C=C(CCCC)CCCc1ccc(CC(N)C(=O)O)cc1. The molecule has 3 N–H and O–H groups in total. The van der Waals surface area contributed by atoms with Crippen LogP contribution in [0.15, 0.2) is 36.4 Å². The van der Waals surface area contributed by atoms with Gasteiger partial charge in [-0.2, -0.15) is 0 Å². The third-order valence-corrected chi connectivity index (χ3v) is 3.68. The van der Waals surface area contributed by atoms with Crippen molar-refractivity contribution in [2.45, 2.75) is 57.9 Å². The number of carbonyl (C=O) groups is 1. The highest BCUT2D eigenvalue weighted by Gasteiger charge is 2.11. The predicted molar refractivity (Wildman–Crippen MR) is 87.4 cm³/mol. The number of carboxylic acids is 1. The molecule has 3 heteroatoms. The van der Waals surface area contributed by atoms with Gasteiger partial charge < -0.3 is 10.8 Å². The maximum atomic E-state index is 10.7. The molecule has 1 unspecified atom stereocenters. The van der Waals surface area contributed by atoms with Crippen molar-refractivity contribution in [1.29, 1.82) is 0 Å². The van der Waals surface area contributed by atoms with Crippen LogP contribution >= 0.6 is 0 Å². The molecule has 0 spiro atoms. The summed E-state index contributed by atoms with van der Waals surface area (Å²) in [5.41, 5.74) is 9.14. The molecule has 1 atom stereocenters. The molecular formula is C18H27NO2. The second-order valence-electron chi connectivity index (χ2n) is 5.67. The Kier molecular flexibility index (Phi) is 7.76. The number of aliphatic carboxylic acids is 1. The molecule has 0 radical (unpaired) electrons. The van der Waals surface area contributed by atoms with Crippen molar-refractivity contribution in [1.82, 2.24) is 0 Å². The van der Waals surface area contributed by atoms with Crippen LogP contribution in [0.25, 0.3) is 0 Å². The lowest BCUT2D eigenvalue weighted by molar-refractivity contribution is -0.138. The van der Waals surface area contributed by atoms with E-state index in [1.165, 1.54) is 24.0 Å². The van der Waals surface area contributed by atoms with Gasteiger partial charge >= 0.3 is 5.97 Å². The highest BCUT2D eigenvalue weighted by molar-refractivity contribution is 5.73. The molecule has 0 saturated heterocycles. The molecular weight excluding hydrogens is 262 g/mol. The van der Waals surface area contributed by atoms with Crippen LogP contribution in [-0.4, -0.2) is 17.1 Å².